The van der Waals surface area contributed by atoms with Crippen molar-refractivity contribution < 1.29 is 5.11 Å². The van der Waals surface area contributed by atoms with Crippen molar-refractivity contribution in [2.24, 2.45) is 5.73 Å². The number of hydrogen-bond acceptors (Lipinski definition) is 2. The number of aliphatic hydroxyl groups excluding tert-OH is 1. The Bertz CT molecular complexity index is 327. The van der Waals surface area contributed by atoms with Gasteiger partial charge < -0.3 is 10.8 Å². The van der Waals surface area contributed by atoms with E-state index in [4.69, 9.17) is 5.73 Å². The number of aliphatic hydroxyl groups is 1. The molecule has 0 saturated heterocycles. The fourth-order valence-electron chi connectivity index (χ4n) is 1.61. The Morgan fingerprint density at radius 2 is 2.13 bits per heavy atom. The van der Waals surface area contributed by atoms with E-state index >= 15 is 0 Å². The normalized spacial score (nSPS) is 15.0. The monoisotopic (exact) mass is 271 g/mol. The van der Waals surface area contributed by atoms with Gasteiger partial charge in [-0.05, 0) is 36.5 Å². The van der Waals surface area contributed by atoms with Crippen molar-refractivity contribution in [2.45, 2.75) is 32.3 Å². The number of aryl methyl sites for hydroxylation is 1. The largest absolute Gasteiger partial charge is 0.392 e. The molecule has 1 aromatic rings. The fraction of sp³-hybridized carbons (Fsp3) is 0.500. The summed E-state index contributed by atoms with van der Waals surface area (Å²) >= 11 is 3.47. The van der Waals surface area contributed by atoms with E-state index in [-0.39, 0.29) is 0 Å². The number of benzene rings is 1. The van der Waals surface area contributed by atoms with Gasteiger partial charge in [-0.25, -0.2) is 0 Å². The summed E-state index contributed by atoms with van der Waals surface area (Å²) in [5.74, 6) is 0.343. The van der Waals surface area contributed by atoms with Crippen molar-refractivity contribution >= 4 is 15.9 Å². The van der Waals surface area contributed by atoms with Crippen LogP contribution in [0.25, 0.3) is 0 Å². The van der Waals surface area contributed by atoms with Crippen LogP contribution in [0.3, 0.4) is 0 Å². The summed E-state index contributed by atoms with van der Waals surface area (Å²) in [6.07, 6.45) is 0.321. The lowest BCUT2D eigenvalue weighted by Gasteiger charge is -2.16. The van der Waals surface area contributed by atoms with Crippen LogP contribution in [0.15, 0.2) is 22.7 Å². The molecule has 0 aromatic heterocycles. The van der Waals surface area contributed by atoms with E-state index in [1.165, 1.54) is 11.1 Å². The molecule has 0 aliphatic rings. The highest BCUT2D eigenvalue weighted by Gasteiger charge is 2.11. The van der Waals surface area contributed by atoms with Gasteiger partial charge in [-0.2, -0.15) is 0 Å². The Morgan fingerprint density at radius 3 is 2.67 bits per heavy atom. The van der Waals surface area contributed by atoms with Crippen LogP contribution in [0.1, 0.15) is 30.4 Å². The van der Waals surface area contributed by atoms with Crippen LogP contribution in [-0.2, 0) is 0 Å². The first-order chi connectivity index (χ1) is 7.04. The van der Waals surface area contributed by atoms with Gasteiger partial charge in [0.25, 0.3) is 0 Å². The van der Waals surface area contributed by atoms with E-state index in [9.17, 15) is 5.11 Å². The molecule has 0 aliphatic heterocycles. The zero-order valence-electron chi connectivity index (χ0n) is 9.20. The van der Waals surface area contributed by atoms with E-state index in [2.05, 4.69) is 48.0 Å². The topological polar surface area (TPSA) is 46.2 Å². The second kappa shape index (κ2) is 5.64. The van der Waals surface area contributed by atoms with E-state index < -0.39 is 6.10 Å². The highest BCUT2D eigenvalue weighted by molar-refractivity contribution is 9.10. The van der Waals surface area contributed by atoms with Crippen LogP contribution < -0.4 is 5.73 Å². The van der Waals surface area contributed by atoms with Crippen LogP contribution in [0, 0.1) is 6.92 Å². The summed E-state index contributed by atoms with van der Waals surface area (Å²) in [7, 11) is 0. The SMILES string of the molecule is Cc1cc(C(C)CC(O)CN)ccc1Br. The van der Waals surface area contributed by atoms with Gasteiger partial charge in [0.2, 0.25) is 0 Å². The predicted molar refractivity (Wildman–Crippen MR) is 67.0 cm³/mol. The standard InChI is InChI=1S/C12H18BrNO/c1-8(6-11(15)7-14)10-3-4-12(13)9(2)5-10/h3-5,8,11,15H,6-7,14H2,1-2H3. The van der Waals surface area contributed by atoms with Crippen LogP contribution in [0.4, 0.5) is 0 Å². The molecule has 0 bridgehead atoms. The first-order valence-corrected chi connectivity index (χ1v) is 5.98. The molecule has 0 amide bonds. The van der Waals surface area contributed by atoms with Crippen LogP contribution >= 0.6 is 15.9 Å². The smallest absolute Gasteiger partial charge is 0.0668 e. The molecule has 1 rings (SSSR count). The predicted octanol–water partition coefficient (Wildman–Crippen LogP) is 2.57. The zero-order chi connectivity index (χ0) is 11.4. The minimum absolute atomic E-state index is 0.333. The Balaban J connectivity index is 2.73. The Kier molecular flexibility index (Phi) is 4.77. The van der Waals surface area contributed by atoms with Gasteiger partial charge in [-0.3, -0.25) is 0 Å². The number of hydrogen-bond donors (Lipinski definition) is 2. The van der Waals surface area contributed by atoms with Crippen LogP contribution in [-0.4, -0.2) is 17.8 Å². The molecule has 84 valence electrons. The summed E-state index contributed by atoms with van der Waals surface area (Å²) in [6.45, 7) is 4.51. The molecule has 0 saturated carbocycles. The minimum atomic E-state index is -0.399. The average Bonchev–Trinajstić information content (AvgIpc) is 2.21. The van der Waals surface area contributed by atoms with E-state index in [1.54, 1.807) is 0 Å². The van der Waals surface area contributed by atoms with E-state index in [0.717, 1.165) is 10.9 Å². The van der Waals surface area contributed by atoms with Crippen molar-refractivity contribution in [3.8, 4) is 0 Å². The van der Waals surface area contributed by atoms with Gasteiger partial charge in [-0.1, -0.05) is 35.0 Å². The molecule has 2 unspecified atom stereocenters. The molecule has 15 heavy (non-hydrogen) atoms. The van der Waals surface area contributed by atoms with Gasteiger partial charge in [0.05, 0.1) is 6.10 Å². The Labute approximate surface area is 99.6 Å². The molecular formula is C12H18BrNO. The summed E-state index contributed by atoms with van der Waals surface area (Å²) in [4.78, 5) is 0. The second-order valence-electron chi connectivity index (χ2n) is 4.03. The van der Waals surface area contributed by atoms with Gasteiger partial charge >= 0.3 is 0 Å². The number of nitrogens with two attached hydrogens (primary N) is 1. The Hall–Kier alpha value is -0.380. The summed E-state index contributed by atoms with van der Waals surface area (Å²) < 4.78 is 1.12. The first-order valence-electron chi connectivity index (χ1n) is 5.18. The lowest BCUT2D eigenvalue weighted by molar-refractivity contribution is 0.165. The zero-order valence-corrected chi connectivity index (χ0v) is 10.8. The van der Waals surface area contributed by atoms with Crippen molar-refractivity contribution in [1.29, 1.82) is 0 Å². The molecule has 2 atom stereocenters. The minimum Gasteiger partial charge on any atom is -0.392 e. The highest BCUT2D eigenvalue weighted by atomic mass is 79.9. The summed E-state index contributed by atoms with van der Waals surface area (Å²) in [5, 5.41) is 9.48. The highest BCUT2D eigenvalue weighted by Crippen LogP contribution is 2.25. The molecule has 0 fully saturated rings. The Morgan fingerprint density at radius 1 is 1.47 bits per heavy atom. The van der Waals surface area contributed by atoms with Gasteiger partial charge in [0, 0.05) is 11.0 Å². The second-order valence-corrected chi connectivity index (χ2v) is 4.89. The van der Waals surface area contributed by atoms with Crippen molar-refractivity contribution in [3.63, 3.8) is 0 Å². The third-order valence-corrected chi connectivity index (χ3v) is 3.54. The molecular weight excluding hydrogens is 254 g/mol. The van der Waals surface area contributed by atoms with Crippen molar-refractivity contribution in [1.82, 2.24) is 0 Å². The molecule has 0 spiro atoms. The molecule has 3 heteroatoms. The molecule has 0 aliphatic carbocycles. The summed E-state index contributed by atoms with van der Waals surface area (Å²) in [5.41, 5.74) is 7.87. The van der Waals surface area contributed by atoms with Gasteiger partial charge in [0.15, 0.2) is 0 Å². The van der Waals surface area contributed by atoms with E-state index in [1.807, 2.05) is 0 Å². The fourth-order valence-corrected chi connectivity index (χ4v) is 1.86. The molecule has 2 nitrogen and oxygen atoms in total. The van der Waals surface area contributed by atoms with Crippen molar-refractivity contribution in [3.05, 3.63) is 33.8 Å². The third kappa shape index (κ3) is 3.59. The number of halogens is 1. The van der Waals surface area contributed by atoms with E-state index in [0.29, 0.717) is 12.5 Å². The van der Waals surface area contributed by atoms with Crippen LogP contribution in [0.5, 0.6) is 0 Å². The lowest BCUT2D eigenvalue weighted by atomic mass is 9.94. The maximum atomic E-state index is 9.48. The maximum absolute atomic E-state index is 9.48. The lowest BCUT2D eigenvalue weighted by Crippen LogP contribution is -2.21. The average molecular weight is 272 g/mol. The molecule has 0 heterocycles. The van der Waals surface area contributed by atoms with Gasteiger partial charge in [-0.15, -0.1) is 0 Å². The molecule has 3 N–H and O–H groups in total. The molecule has 1 aromatic carbocycles. The third-order valence-electron chi connectivity index (χ3n) is 2.65. The van der Waals surface area contributed by atoms with Gasteiger partial charge in [0.1, 0.15) is 0 Å². The maximum Gasteiger partial charge on any atom is 0.0668 e. The molecule has 0 radical (unpaired) electrons. The van der Waals surface area contributed by atoms with Crippen molar-refractivity contribution in [2.75, 3.05) is 6.54 Å². The summed E-state index contributed by atoms with van der Waals surface area (Å²) in [6, 6.07) is 6.29. The van der Waals surface area contributed by atoms with Crippen LogP contribution in [0.2, 0.25) is 0 Å². The number of rotatable bonds is 4. The quantitative estimate of drug-likeness (QED) is 0.884. The first kappa shape index (κ1) is 12.7.